The van der Waals surface area contributed by atoms with Gasteiger partial charge in [-0.25, -0.2) is 4.39 Å². The van der Waals surface area contributed by atoms with Crippen molar-refractivity contribution in [1.82, 2.24) is 5.32 Å². The van der Waals surface area contributed by atoms with E-state index in [1.807, 2.05) is 0 Å². The van der Waals surface area contributed by atoms with Crippen molar-refractivity contribution < 1.29 is 65.3 Å². The molecule has 70 valence electrons. The molecule has 0 saturated heterocycles. The summed E-state index contributed by atoms with van der Waals surface area (Å²) in [5, 5.41) is 2.15. The number of hydrogen-bond donors (Lipinski definition) is 1. The molecule has 0 fully saturated rings. The summed E-state index contributed by atoms with van der Waals surface area (Å²) in [5.74, 6) is -0.640. The van der Waals surface area contributed by atoms with Gasteiger partial charge in [-0.2, -0.15) is 0 Å². The van der Waals surface area contributed by atoms with Crippen molar-refractivity contribution in [2.24, 2.45) is 0 Å². The van der Waals surface area contributed by atoms with Crippen molar-refractivity contribution in [3.63, 3.8) is 0 Å². The second kappa shape index (κ2) is 6.52. The van der Waals surface area contributed by atoms with Crippen molar-refractivity contribution in [3.8, 4) is 5.75 Å². The van der Waals surface area contributed by atoms with Crippen LogP contribution in [0, 0.1) is 12.9 Å². The van der Waals surface area contributed by atoms with Crippen LogP contribution in [0.3, 0.4) is 0 Å². The van der Waals surface area contributed by atoms with Crippen molar-refractivity contribution in [2.45, 2.75) is 0 Å². The second-order valence-corrected chi connectivity index (χ2v) is 2.35. The van der Waals surface area contributed by atoms with E-state index in [9.17, 15) is 9.18 Å². The number of halogens is 1. The third-order valence-electron chi connectivity index (χ3n) is 1.57. The third kappa shape index (κ3) is 3.32. The monoisotopic (exact) mass is 221 g/mol. The van der Waals surface area contributed by atoms with E-state index in [1.54, 1.807) is 0 Å². The van der Waals surface area contributed by atoms with Gasteiger partial charge in [0.2, 0.25) is 5.91 Å². The van der Waals surface area contributed by atoms with Crippen LogP contribution in [-0.2, 0) is 0 Å². The Hall–Kier alpha value is 0.0564. The van der Waals surface area contributed by atoms with E-state index >= 15 is 0 Å². The van der Waals surface area contributed by atoms with E-state index < -0.39 is 11.7 Å². The summed E-state index contributed by atoms with van der Waals surface area (Å²) >= 11 is 0. The molecule has 0 aliphatic rings. The zero-order valence-corrected chi connectivity index (χ0v) is 11.3. The largest absolute Gasteiger partial charge is 1.00 e. The normalized spacial score (nSPS) is 8.79. The maximum Gasteiger partial charge on any atom is 1.00 e. The fourth-order valence-corrected chi connectivity index (χ4v) is 0.953. The van der Waals surface area contributed by atoms with Gasteiger partial charge in [-0.1, -0.05) is 0 Å². The molecule has 3 nitrogen and oxygen atoms in total. The third-order valence-corrected chi connectivity index (χ3v) is 1.57. The van der Waals surface area contributed by atoms with E-state index in [1.165, 1.54) is 19.2 Å². The first-order valence-electron chi connectivity index (χ1n) is 3.60. The maximum absolute atomic E-state index is 12.7. The average Bonchev–Trinajstić information content (AvgIpc) is 2.16. The second-order valence-electron chi connectivity index (χ2n) is 2.35. The van der Waals surface area contributed by atoms with Crippen LogP contribution in [0.5, 0.6) is 5.75 Å². The van der Waals surface area contributed by atoms with Crippen molar-refractivity contribution >= 4 is 5.91 Å². The van der Waals surface area contributed by atoms with Gasteiger partial charge in [0.1, 0.15) is 11.6 Å². The molecule has 5 heteroatoms. The Morgan fingerprint density at radius 3 is 2.71 bits per heavy atom. The molecule has 0 saturated carbocycles. The number of carbonyl (C=O) groups excluding carboxylic acids is 1. The van der Waals surface area contributed by atoms with Crippen molar-refractivity contribution in [2.75, 3.05) is 7.11 Å². The standard InChI is InChI=1S/C9H9FNO2.K/c1-11-9(12)7-5-6(10)3-4-8(7)13-2;/h3-5H,1H2,2H3,(H,11,12);/q-1;+1. The topological polar surface area (TPSA) is 38.3 Å². The van der Waals surface area contributed by atoms with E-state index in [-0.39, 0.29) is 56.9 Å². The number of methoxy groups -OCH3 is 1. The molecule has 0 aliphatic heterocycles. The quantitative estimate of drug-likeness (QED) is 0.480. The number of carbonyl (C=O) groups is 1. The van der Waals surface area contributed by atoms with Gasteiger partial charge in [-0.3, -0.25) is 11.8 Å². The van der Waals surface area contributed by atoms with Gasteiger partial charge in [0, 0.05) is 0 Å². The number of ether oxygens (including phenoxy) is 1. The predicted octanol–water partition coefficient (Wildman–Crippen LogP) is -1.64. The zero-order valence-electron chi connectivity index (χ0n) is 8.13. The number of nitrogens with one attached hydrogen (secondary N) is 1. The number of rotatable bonds is 2. The molecule has 0 atom stereocenters. The molecule has 0 unspecified atom stereocenters. The molecule has 0 bridgehead atoms. The summed E-state index contributed by atoms with van der Waals surface area (Å²) in [6.45, 7) is 0. The van der Waals surface area contributed by atoms with E-state index in [0.717, 1.165) is 6.07 Å². The molecule has 0 aliphatic carbocycles. The van der Waals surface area contributed by atoms with Crippen LogP contribution in [0.4, 0.5) is 4.39 Å². The van der Waals surface area contributed by atoms with E-state index in [0.29, 0.717) is 5.75 Å². The minimum Gasteiger partial charge on any atom is -0.504 e. The Labute approximate surface area is 124 Å². The molecule has 0 radical (unpaired) electrons. The molecular weight excluding hydrogens is 212 g/mol. The average molecular weight is 221 g/mol. The maximum atomic E-state index is 12.7. The SMILES string of the molecule is [CH2-]NC(=O)c1cc(F)ccc1OC.[K+]. The van der Waals surface area contributed by atoms with Gasteiger partial charge in [-0.05, 0) is 18.2 Å². The van der Waals surface area contributed by atoms with Crippen molar-refractivity contribution in [3.05, 3.63) is 36.6 Å². The summed E-state index contributed by atoms with van der Waals surface area (Å²) < 4.78 is 17.6. The van der Waals surface area contributed by atoms with Gasteiger partial charge in [0.05, 0.1) is 12.7 Å². The smallest absolute Gasteiger partial charge is 0.504 e. The molecule has 1 rings (SSSR count). The molecular formula is C9H9FKNO2. The minimum absolute atomic E-state index is 0. The molecule has 0 spiro atoms. The molecule has 1 aromatic carbocycles. The number of hydrogen-bond acceptors (Lipinski definition) is 2. The van der Waals surface area contributed by atoms with Gasteiger partial charge >= 0.3 is 51.4 Å². The first-order chi connectivity index (χ1) is 6.19. The van der Waals surface area contributed by atoms with Gasteiger partial charge < -0.3 is 10.1 Å². The van der Waals surface area contributed by atoms with E-state index in [4.69, 9.17) is 4.74 Å². The minimum atomic E-state index is -0.487. The fraction of sp³-hybridized carbons (Fsp3) is 0.111. The Morgan fingerprint density at radius 1 is 1.57 bits per heavy atom. The first-order valence-corrected chi connectivity index (χ1v) is 3.60. The zero-order chi connectivity index (χ0) is 9.84. The van der Waals surface area contributed by atoms with Gasteiger partial charge in [0.15, 0.2) is 0 Å². The predicted molar refractivity (Wildman–Crippen MR) is 45.8 cm³/mol. The Kier molecular flexibility index (Phi) is 6.55. The summed E-state index contributed by atoms with van der Waals surface area (Å²) in [4.78, 5) is 11.1. The Balaban J connectivity index is 0.00000169. The number of benzene rings is 1. The van der Waals surface area contributed by atoms with Gasteiger partial charge in [-0.15, -0.1) is 0 Å². The molecule has 1 N–H and O–H groups in total. The van der Waals surface area contributed by atoms with Crippen LogP contribution in [0.2, 0.25) is 0 Å². The van der Waals surface area contributed by atoms with Gasteiger partial charge in [0.25, 0.3) is 0 Å². The molecule has 0 aromatic heterocycles. The van der Waals surface area contributed by atoms with Crippen LogP contribution in [0.1, 0.15) is 10.4 Å². The van der Waals surface area contributed by atoms with Crippen LogP contribution < -0.4 is 61.4 Å². The number of amides is 1. The Bertz CT molecular complexity index is 331. The molecule has 1 amide bonds. The molecule has 1 aromatic rings. The van der Waals surface area contributed by atoms with Crippen molar-refractivity contribution in [1.29, 1.82) is 0 Å². The van der Waals surface area contributed by atoms with Crippen LogP contribution in [0.25, 0.3) is 0 Å². The summed E-state index contributed by atoms with van der Waals surface area (Å²) in [5.41, 5.74) is 0.137. The first kappa shape index (κ1) is 14.1. The summed E-state index contributed by atoms with van der Waals surface area (Å²) in [7, 11) is 4.60. The molecule has 0 heterocycles. The van der Waals surface area contributed by atoms with Crippen LogP contribution >= 0.6 is 0 Å². The molecule has 14 heavy (non-hydrogen) atoms. The van der Waals surface area contributed by atoms with Crippen LogP contribution in [-0.4, -0.2) is 13.0 Å². The van der Waals surface area contributed by atoms with Crippen LogP contribution in [0.15, 0.2) is 18.2 Å². The summed E-state index contributed by atoms with van der Waals surface area (Å²) in [6, 6.07) is 3.71. The summed E-state index contributed by atoms with van der Waals surface area (Å²) in [6.07, 6.45) is 0. The Morgan fingerprint density at radius 2 is 2.21 bits per heavy atom. The van der Waals surface area contributed by atoms with E-state index in [2.05, 4.69) is 12.4 Å². The fourth-order valence-electron chi connectivity index (χ4n) is 0.953.